The third-order valence-electron chi connectivity index (χ3n) is 2.84. The third-order valence-corrected chi connectivity index (χ3v) is 2.84. The van der Waals surface area contributed by atoms with Crippen LogP contribution in [0.2, 0.25) is 0 Å². The maximum Gasteiger partial charge on any atom is 0.162 e. The molecule has 1 aromatic heterocycles. The molecule has 2 rings (SSSR count). The standard InChI is InChI=1S/C14H19N3O2/c1-4-19-12-6-5-11(9-13(12)18-3)16-10-14-15-7-8-17(14)2/h5-9,16H,4,10H2,1-3H3. The van der Waals surface area contributed by atoms with Crippen molar-refractivity contribution in [1.82, 2.24) is 9.55 Å². The van der Waals surface area contributed by atoms with Crippen LogP contribution in [-0.2, 0) is 13.6 Å². The van der Waals surface area contributed by atoms with Gasteiger partial charge in [-0.3, -0.25) is 0 Å². The quantitative estimate of drug-likeness (QED) is 0.867. The molecule has 0 atom stereocenters. The summed E-state index contributed by atoms with van der Waals surface area (Å²) in [6, 6.07) is 5.80. The summed E-state index contributed by atoms with van der Waals surface area (Å²) in [5.74, 6) is 2.46. The fourth-order valence-electron chi connectivity index (χ4n) is 1.80. The lowest BCUT2D eigenvalue weighted by Gasteiger charge is -2.12. The van der Waals surface area contributed by atoms with Gasteiger partial charge < -0.3 is 19.4 Å². The Morgan fingerprint density at radius 3 is 2.79 bits per heavy atom. The van der Waals surface area contributed by atoms with Gasteiger partial charge in [-0.1, -0.05) is 0 Å². The molecular formula is C14H19N3O2. The summed E-state index contributed by atoms with van der Waals surface area (Å²) in [5, 5.41) is 3.31. The molecule has 0 saturated heterocycles. The van der Waals surface area contributed by atoms with Crippen LogP contribution < -0.4 is 14.8 Å². The Hall–Kier alpha value is -2.17. The van der Waals surface area contributed by atoms with Crippen LogP contribution in [0.3, 0.4) is 0 Å². The maximum absolute atomic E-state index is 5.48. The van der Waals surface area contributed by atoms with Crippen LogP contribution >= 0.6 is 0 Å². The van der Waals surface area contributed by atoms with E-state index in [4.69, 9.17) is 9.47 Å². The van der Waals surface area contributed by atoms with E-state index >= 15 is 0 Å². The van der Waals surface area contributed by atoms with E-state index in [1.165, 1.54) is 0 Å². The highest BCUT2D eigenvalue weighted by Crippen LogP contribution is 2.30. The Kier molecular flexibility index (Phi) is 4.28. The molecule has 0 unspecified atom stereocenters. The van der Waals surface area contributed by atoms with E-state index < -0.39 is 0 Å². The van der Waals surface area contributed by atoms with Gasteiger partial charge in [0.25, 0.3) is 0 Å². The van der Waals surface area contributed by atoms with Crippen molar-refractivity contribution in [3.63, 3.8) is 0 Å². The van der Waals surface area contributed by atoms with E-state index in [0.717, 1.165) is 23.0 Å². The second-order valence-corrected chi connectivity index (χ2v) is 4.11. The molecule has 1 aromatic carbocycles. The van der Waals surface area contributed by atoms with Gasteiger partial charge in [-0.15, -0.1) is 0 Å². The normalized spacial score (nSPS) is 10.3. The predicted octanol–water partition coefficient (Wildman–Crippen LogP) is 2.44. The zero-order valence-electron chi connectivity index (χ0n) is 11.5. The fraction of sp³-hybridized carbons (Fsp3) is 0.357. The molecule has 1 N–H and O–H groups in total. The van der Waals surface area contributed by atoms with Gasteiger partial charge in [0.15, 0.2) is 11.5 Å². The van der Waals surface area contributed by atoms with E-state index in [-0.39, 0.29) is 0 Å². The Morgan fingerprint density at radius 2 is 2.16 bits per heavy atom. The molecule has 1 heterocycles. The average Bonchev–Trinajstić information content (AvgIpc) is 2.83. The van der Waals surface area contributed by atoms with Gasteiger partial charge in [-0.2, -0.15) is 0 Å². The number of ether oxygens (including phenoxy) is 2. The minimum atomic E-state index is 0.621. The second kappa shape index (κ2) is 6.13. The lowest BCUT2D eigenvalue weighted by atomic mass is 10.2. The maximum atomic E-state index is 5.48. The Bertz CT molecular complexity index is 537. The van der Waals surface area contributed by atoms with Crippen molar-refractivity contribution >= 4 is 5.69 Å². The zero-order chi connectivity index (χ0) is 13.7. The van der Waals surface area contributed by atoms with Crippen molar-refractivity contribution in [3.8, 4) is 11.5 Å². The van der Waals surface area contributed by atoms with Gasteiger partial charge in [0.2, 0.25) is 0 Å². The molecule has 0 bridgehead atoms. The SMILES string of the molecule is CCOc1ccc(NCc2nccn2C)cc1OC. The molecule has 0 fully saturated rings. The first kappa shape index (κ1) is 13.3. The number of aromatic nitrogens is 2. The topological polar surface area (TPSA) is 48.3 Å². The molecule has 0 spiro atoms. The van der Waals surface area contributed by atoms with Crippen LogP contribution in [-0.4, -0.2) is 23.3 Å². The number of rotatable bonds is 6. The van der Waals surface area contributed by atoms with Gasteiger partial charge in [-0.05, 0) is 19.1 Å². The summed E-state index contributed by atoms with van der Waals surface area (Å²) in [4.78, 5) is 4.26. The van der Waals surface area contributed by atoms with Crippen LogP contribution in [0, 0.1) is 0 Å². The first-order valence-electron chi connectivity index (χ1n) is 6.25. The minimum Gasteiger partial charge on any atom is -0.493 e. The highest BCUT2D eigenvalue weighted by atomic mass is 16.5. The summed E-state index contributed by atoms with van der Waals surface area (Å²) in [5.41, 5.74) is 0.975. The van der Waals surface area contributed by atoms with Crippen LogP contribution in [0.25, 0.3) is 0 Å². The summed E-state index contributed by atoms with van der Waals surface area (Å²) in [7, 11) is 3.61. The summed E-state index contributed by atoms with van der Waals surface area (Å²) in [6.45, 7) is 3.24. The molecule has 0 aliphatic carbocycles. The minimum absolute atomic E-state index is 0.621. The van der Waals surface area contributed by atoms with Crippen molar-refractivity contribution in [1.29, 1.82) is 0 Å². The molecule has 5 heteroatoms. The largest absolute Gasteiger partial charge is 0.493 e. The molecule has 0 amide bonds. The van der Waals surface area contributed by atoms with Gasteiger partial charge in [0, 0.05) is 31.2 Å². The van der Waals surface area contributed by atoms with E-state index in [1.54, 1.807) is 13.3 Å². The number of imidazole rings is 1. The summed E-state index contributed by atoms with van der Waals surface area (Å²) in [6.07, 6.45) is 3.71. The molecule has 102 valence electrons. The summed E-state index contributed by atoms with van der Waals surface area (Å²) < 4.78 is 12.8. The number of aryl methyl sites for hydroxylation is 1. The van der Waals surface area contributed by atoms with E-state index in [1.807, 2.05) is 42.9 Å². The second-order valence-electron chi connectivity index (χ2n) is 4.11. The number of methoxy groups -OCH3 is 1. The van der Waals surface area contributed by atoms with Gasteiger partial charge in [-0.25, -0.2) is 4.98 Å². The Morgan fingerprint density at radius 1 is 1.32 bits per heavy atom. The lowest BCUT2D eigenvalue weighted by molar-refractivity contribution is 0.311. The van der Waals surface area contributed by atoms with E-state index in [2.05, 4.69) is 10.3 Å². The molecule has 0 aliphatic rings. The molecule has 0 saturated carbocycles. The van der Waals surface area contributed by atoms with Crippen molar-refractivity contribution in [3.05, 3.63) is 36.4 Å². The van der Waals surface area contributed by atoms with Gasteiger partial charge in [0.05, 0.1) is 20.3 Å². The van der Waals surface area contributed by atoms with Crippen LogP contribution in [0.4, 0.5) is 5.69 Å². The third kappa shape index (κ3) is 3.19. The highest BCUT2D eigenvalue weighted by molar-refractivity contribution is 5.54. The van der Waals surface area contributed by atoms with Gasteiger partial charge >= 0.3 is 0 Å². The fourth-order valence-corrected chi connectivity index (χ4v) is 1.80. The average molecular weight is 261 g/mol. The number of hydrogen-bond donors (Lipinski definition) is 1. The molecular weight excluding hydrogens is 242 g/mol. The van der Waals surface area contributed by atoms with E-state index in [9.17, 15) is 0 Å². The monoisotopic (exact) mass is 261 g/mol. The van der Waals surface area contributed by atoms with Crippen molar-refractivity contribution in [2.45, 2.75) is 13.5 Å². The Balaban J connectivity index is 2.07. The predicted molar refractivity (Wildman–Crippen MR) is 74.7 cm³/mol. The lowest BCUT2D eigenvalue weighted by Crippen LogP contribution is -2.06. The van der Waals surface area contributed by atoms with Gasteiger partial charge in [0.1, 0.15) is 5.82 Å². The smallest absolute Gasteiger partial charge is 0.162 e. The van der Waals surface area contributed by atoms with Crippen LogP contribution in [0.15, 0.2) is 30.6 Å². The molecule has 0 aliphatic heterocycles. The zero-order valence-corrected chi connectivity index (χ0v) is 11.5. The molecule has 5 nitrogen and oxygen atoms in total. The summed E-state index contributed by atoms with van der Waals surface area (Å²) >= 11 is 0. The van der Waals surface area contributed by atoms with Crippen LogP contribution in [0.1, 0.15) is 12.7 Å². The highest BCUT2D eigenvalue weighted by Gasteiger charge is 2.05. The molecule has 0 radical (unpaired) electrons. The Labute approximate surface area is 113 Å². The first-order chi connectivity index (χ1) is 9.24. The van der Waals surface area contributed by atoms with Crippen molar-refractivity contribution in [2.75, 3.05) is 19.0 Å². The van der Waals surface area contributed by atoms with Crippen molar-refractivity contribution in [2.24, 2.45) is 7.05 Å². The first-order valence-corrected chi connectivity index (χ1v) is 6.25. The van der Waals surface area contributed by atoms with E-state index in [0.29, 0.717) is 13.2 Å². The number of anilines is 1. The molecule has 2 aromatic rings. The number of benzene rings is 1. The molecule has 19 heavy (non-hydrogen) atoms. The number of nitrogens with one attached hydrogen (secondary N) is 1. The number of hydrogen-bond acceptors (Lipinski definition) is 4. The number of nitrogens with zero attached hydrogens (tertiary/aromatic N) is 2. The van der Waals surface area contributed by atoms with Crippen molar-refractivity contribution < 1.29 is 9.47 Å². The van der Waals surface area contributed by atoms with Crippen LogP contribution in [0.5, 0.6) is 11.5 Å².